The molecule has 1 heterocycles. The molecule has 4 rings (SSSR count). The number of fused-ring (bicyclic) bond motifs is 1. The average Bonchev–Trinajstić information content (AvgIpc) is 3.05. The molecular weight excluding hydrogens is 348 g/mol. The number of amides is 2. The van der Waals surface area contributed by atoms with E-state index in [2.05, 4.69) is 5.10 Å². The summed E-state index contributed by atoms with van der Waals surface area (Å²) in [6, 6.07) is 11.4. The highest BCUT2D eigenvalue weighted by molar-refractivity contribution is 6.08. The minimum Gasteiger partial charge on any atom is -0.350 e. The highest BCUT2D eigenvalue weighted by Gasteiger charge is 2.43. The molecule has 1 fully saturated rings. The van der Waals surface area contributed by atoms with E-state index in [4.69, 9.17) is 5.73 Å². The fraction of sp³-hybridized carbons (Fsp3) is 0.238. The Morgan fingerprint density at radius 2 is 1.70 bits per heavy atom. The molecule has 6 heteroatoms. The zero-order chi connectivity index (χ0) is 19.0. The monoisotopic (exact) mass is 367 g/mol. The third kappa shape index (κ3) is 3.35. The van der Waals surface area contributed by atoms with Gasteiger partial charge in [0.05, 0.1) is 11.8 Å². The maximum absolute atomic E-state index is 13.3. The van der Waals surface area contributed by atoms with Gasteiger partial charge in [-0.3, -0.25) is 0 Å². The zero-order valence-electron chi connectivity index (χ0n) is 14.6. The summed E-state index contributed by atoms with van der Waals surface area (Å²) >= 11 is 0. The molecule has 1 aliphatic carbocycles. The molecule has 0 unspecified atom stereocenters. The molecule has 1 saturated carbocycles. The van der Waals surface area contributed by atoms with Gasteiger partial charge in [0.1, 0.15) is 11.6 Å². The van der Waals surface area contributed by atoms with Crippen molar-refractivity contribution in [2.75, 3.05) is 0 Å². The maximum Gasteiger partial charge on any atom is 0.335 e. The molecule has 2 aromatic carbocycles. The Labute approximate surface area is 156 Å². The summed E-state index contributed by atoms with van der Waals surface area (Å²) in [5.74, 6) is -0.611. The van der Waals surface area contributed by atoms with Crippen LogP contribution < -0.4 is 5.73 Å². The number of halogens is 2. The molecule has 2 N–H and O–H groups in total. The molecule has 1 aliphatic heterocycles. The van der Waals surface area contributed by atoms with Gasteiger partial charge < -0.3 is 5.73 Å². The van der Waals surface area contributed by atoms with Crippen LogP contribution in [0.1, 0.15) is 36.4 Å². The zero-order valence-corrected chi connectivity index (χ0v) is 14.6. The molecule has 2 amide bonds. The van der Waals surface area contributed by atoms with E-state index >= 15 is 0 Å². The second-order valence-electron chi connectivity index (χ2n) is 6.88. The van der Waals surface area contributed by atoms with Crippen LogP contribution in [-0.2, 0) is 0 Å². The molecular formula is C21H19F2N3O. The number of nitrogens with zero attached hydrogens (tertiary/aromatic N) is 2. The predicted molar refractivity (Wildman–Crippen MR) is 99.7 cm³/mol. The summed E-state index contributed by atoms with van der Waals surface area (Å²) < 4.78 is 26.5. The Bertz CT molecular complexity index is 919. The van der Waals surface area contributed by atoms with Crippen molar-refractivity contribution in [3.8, 4) is 0 Å². The summed E-state index contributed by atoms with van der Waals surface area (Å²) in [5.41, 5.74) is 9.11. The minimum absolute atomic E-state index is 0.00316. The molecule has 2 aromatic rings. The summed E-state index contributed by atoms with van der Waals surface area (Å²) in [6.07, 6.45) is 4.62. The van der Waals surface area contributed by atoms with Gasteiger partial charge in [-0.15, -0.1) is 0 Å². The van der Waals surface area contributed by atoms with Crippen LogP contribution in [0, 0.1) is 17.6 Å². The van der Waals surface area contributed by atoms with E-state index in [1.807, 2.05) is 6.08 Å². The van der Waals surface area contributed by atoms with Crippen molar-refractivity contribution in [1.82, 2.24) is 5.01 Å². The van der Waals surface area contributed by atoms with E-state index in [1.165, 1.54) is 29.3 Å². The molecule has 0 spiro atoms. The number of nitrogens with two attached hydrogens (primary N) is 1. The molecule has 0 saturated heterocycles. The molecule has 2 atom stereocenters. The highest BCUT2D eigenvalue weighted by atomic mass is 19.1. The fourth-order valence-corrected chi connectivity index (χ4v) is 3.94. The number of hydrogen-bond acceptors (Lipinski definition) is 2. The maximum atomic E-state index is 13.3. The van der Waals surface area contributed by atoms with E-state index in [-0.39, 0.29) is 23.6 Å². The summed E-state index contributed by atoms with van der Waals surface area (Å²) in [4.78, 5) is 12.0. The Balaban J connectivity index is 1.72. The Hall–Kier alpha value is -3.02. The lowest BCUT2D eigenvalue weighted by atomic mass is 9.77. The van der Waals surface area contributed by atoms with Crippen molar-refractivity contribution in [2.45, 2.75) is 25.3 Å². The Morgan fingerprint density at radius 1 is 1.07 bits per heavy atom. The number of primary amides is 1. The molecule has 0 bridgehead atoms. The summed E-state index contributed by atoms with van der Waals surface area (Å²) in [7, 11) is 0. The quantitative estimate of drug-likeness (QED) is 0.826. The summed E-state index contributed by atoms with van der Waals surface area (Å²) in [6.45, 7) is 0. The van der Waals surface area contributed by atoms with Crippen molar-refractivity contribution >= 4 is 17.8 Å². The number of hydrogen-bond donors (Lipinski definition) is 1. The first kappa shape index (κ1) is 17.4. The van der Waals surface area contributed by atoms with E-state index < -0.39 is 6.03 Å². The van der Waals surface area contributed by atoms with Crippen molar-refractivity contribution in [1.29, 1.82) is 0 Å². The Morgan fingerprint density at radius 3 is 2.33 bits per heavy atom. The van der Waals surface area contributed by atoms with Gasteiger partial charge >= 0.3 is 6.03 Å². The topological polar surface area (TPSA) is 58.7 Å². The number of carbonyl (C=O) groups is 1. The van der Waals surface area contributed by atoms with Crippen molar-refractivity contribution < 1.29 is 13.6 Å². The number of carbonyl (C=O) groups excluding carboxylic acids is 1. The number of benzene rings is 2. The number of urea groups is 1. The van der Waals surface area contributed by atoms with Gasteiger partial charge in [-0.25, -0.2) is 18.6 Å². The molecule has 2 aliphatic rings. The van der Waals surface area contributed by atoms with Gasteiger partial charge in [0.15, 0.2) is 0 Å². The highest BCUT2D eigenvalue weighted by Crippen LogP contribution is 2.44. The predicted octanol–water partition coefficient (Wildman–Crippen LogP) is 4.64. The van der Waals surface area contributed by atoms with Gasteiger partial charge in [0, 0.05) is 5.92 Å². The molecule has 0 aromatic heterocycles. The number of hydrazone groups is 1. The van der Waals surface area contributed by atoms with Crippen LogP contribution in [0.15, 0.2) is 59.2 Å². The lowest BCUT2D eigenvalue weighted by Gasteiger charge is -2.28. The first-order valence-electron chi connectivity index (χ1n) is 8.92. The van der Waals surface area contributed by atoms with Crippen LogP contribution in [0.5, 0.6) is 0 Å². The molecule has 4 nitrogen and oxygen atoms in total. The van der Waals surface area contributed by atoms with Gasteiger partial charge in [0.25, 0.3) is 0 Å². The van der Waals surface area contributed by atoms with Crippen LogP contribution in [0.2, 0.25) is 0 Å². The first-order valence-corrected chi connectivity index (χ1v) is 8.92. The van der Waals surface area contributed by atoms with Crippen LogP contribution in [0.25, 0.3) is 6.08 Å². The average molecular weight is 367 g/mol. The fourth-order valence-electron chi connectivity index (χ4n) is 3.94. The van der Waals surface area contributed by atoms with Crippen molar-refractivity contribution in [3.63, 3.8) is 0 Å². The molecule has 27 heavy (non-hydrogen) atoms. The lowest BCUT2D eigenvalue weighted by molar-refractivity contribution is 0.183. The van der Waals surface area contributed by atoms with Crippen LogP contribution >= 0.6 is 0 Å². The normalized spacial score (nSPS) is 23.3. The van der Waals surface area contributed by atoms with E-state index in [0.717, 1.165) is 41.7 Å². The second kappa shape index (κ2) is 6.95. The second-order valence-corrected chi connectivity index (χ2v) is 6.88. The third-order valence-corrected chi connectivity index (χ3v) is 5.15. The molecule has 0 radical (unpaired) electrons. The van der Waals surface area contributed by atoms with Gasteiger partial charge in [-0.05, 0) is 66.3 Å². The third-order valence-electron chi connectivity index (χ3n) is 5.15. The van der Waals surface area contributed by atoms with Crippen LogP contribution in [-0.4, -0.2) is 16.8 Å². The number of rotatable bonds is 2. The van der Waals surface area contributed by atoms with Gasteiger partial charge in [0.2, 0.25) is 0 Å². The van der Waals surface area contributed by atoms with E-state index in [0.29, 0.717) is 0 Å². The van der Waals surface area contributed by atoms with Crippen molar-refractivity contribution in [3.05, 3.63) is 76.9 Å². The van der Waals surface area contributed by atoms with E-state index in [9.17, 15) is 13.6 Å². The van der Waals surface area contributed by atoms with Crippen LogP contribution in [0.3, 0.4) is 0 Å². The molecule has 138 valence electrons. The van der Waals surface area contributed by atoms with Gasteiger partial charge in [-0.1, -0.05) is 24.3 Å². The van der Waals surface area contributed by atoms with Crippen molar-refractivity contribution in [2.24, 2.45) is 16.8 Å². The SMILES string of the molecule is NC(=O)N1N=C2/C(=C/c3ccc(F)cc3)CCC[C@H]2[C@H]1c1ccc(F)cc1. The Kier molecular flexibility index (Phi) is 4.48. The smallest absolute Gasteiger partial charge is 0.335 e. The largest absolute Gasteiger partial charge is 0.350 e. The summed E-state index contributed by atoms with van der Waals surface area (Å²) in [5, 5.41) is 5.83. The van der Waals surface area contributed by atoms with Crippen LogP contribution in [0.4, 0.5) is 13.6 Å². The standard InChI is InChI=1S/C21H19F2N3O/c22-16-8-4-13(5-9-16)12-15-2-1-3-18-19(15)25-26(21(24)27)20(18)14-6-10-17(23)11-7-14/h4-12,18,20H,1-3H2,(H2,24,27)/b15-12+/t18-,20-/m1/s1. The number of allylic oxidation sites excluding steroid dienone is 1. The first-order chi connectivity index (χ1) is 13.0. The van der Waals surface area contributed by atoms with E-state index in [1.54, 1.807) is 24.3 Å². The lowest BCUT2D eigenvalue weighted by Crippen LogP contribution is -2.35. The van der Waals surface area contributed by atoms with Gasteiger partial charge in [-0.2, -0.15) is 5.10 Å². The minimum atomic E-state index is -0.632.